The first-order valence-electron chi connectivity index (χ1n) is 11.6. The van der Waals surface area contributed by atoms with Crippen molar-refractivity contribution in [1.29, 1.82) is 0 Å². The number of nitrogens with zero attached hydrogens (tertiary/aromatic N) is 4. The lowest BCUT2D eigenvalue weighted by Gasteiger charge is -2.29. The van der Waals surface area contributed by atoms with Crippen molar-refractivity contribution in [2.75, 3.05) is 36.5 Å². The van der Waals surface area contributed by atoms with E-state index in [-0.39, 0.29) is 11.2 Å². The van der Waals surface area contributed by atoms with E-state index in [2.05, 4.69) is 37.7 Å². The minimum Gasteiger partial charge on any atom is -0.378 e. The number of anilines is 2. The minimum absolute atomic E-state index is 0.214. The van der Waals surface area contributed by atoms with Gasteiger partial charge in [-0.2, -0.15) is 0 Å². The number of terminal acetylenes is 1. The Balaban J connectivity index is 1.68. The van der Waals surface area contributed by atoms with Crippen molar-refractivity contribution in [3.63, 3.8) is 0 Å². The first-order valence-corrected chi connectivity index (χ1v) is 11.6. The Morgan fingerprint density at radius 3 is 2.63 bits per heavy atom. The molecule has 0 radical (unpaired) electrons. The van der Waals surface area contributed by atoms with Crippen molar-refractivity contribution in [2.45, 2.75) is 33.1 Å². The molecule has 0 bridgehead atoms. The van der Waals surface area contributed by atoms with Crippen LogP contribution in [0.3, 0.4) is 0 Å². The molecule has 4 rings (SSSR count). The molecule has 0 saturated carbocycles. The van der Waals surface area contributed by atoms with Gasteiger partial charge < -0.3 is 15.0 Å². The molecule has 180 valence electrons. The molecule has 0 amide bonds. The molecule has 1 aromatic carbocycles. The zero-order valence-electron chi connectivity index (χ0n) is 20.7. The van der Waals surface area contributed by atoms with Crippen LogP contribution in [0.25, 0.3) is 16.8 Å². The molecule has 2 aromatic heterocycles. The van der Waals surface area contributed by atoms with E-state index in [9.17, 15) is 4.39 Å². The number of aromatic nitrogens is 3. The average molecular weight is 472 g/mol. The molecule has 6 nitrogen and oxygen atoms in total. The van der Waals surface area contributed by atoms with E-state index in [0.717, 1.165) is 35.5 Å². The third-order valence-electron chi connectivity index (χ3n) is 5.90. The standard InChI is InChI=1S/C28H30FN5O/c1-7-23-26(34-10-12-35-13-11-34)15-20(17-31-23)21-16-25(22(29)14-18(21)2)32-19(3)24-8-9-30-27(33-24)28(4,5)6/h1,8-9,14-17,32H,3,10-13H2,2,4-6H3. The van der Waals surface area contributed by atoms with Gasteiger partial charge in [-0.05, 0) is 48.2 Å². The van der Waals surface area contributed by atoms with Gasteiger partial charge in [0.25, 0.3) is 0 Å². The maximum atomic E-state index is 15.0. The molecule has 7 heteroatoms. The lowest BCUT2D eigenvalue weighted by atomic mass is 9.95. The van der Waals surface area contributed by atoms with E-state index in [4.69, 9.17) is 11.2 Å². The predicted octanol–water partition coefficient (Wildman–Crippen LogP) is 5.18. The summed E-state index contributed by atoms with van der Waals surface area (Å²) in [6, 6.07) is 7.06. The molecular formula is C28H30FN5O. The lowest BCUT2D eigenvalue weighted by molar-refractivity contribution is 0.122. The summed E-state index contributed by atoms with van der Waals surface area (Å²) >= 11 is 0. The van der Waals surface area contributed by atoms with Gasteiger partial charge in [0.05, 0.1) is 36.0 Å². The number of benzene rings is 1. The first kappa shape index (κ1) is 24.4. The summed E-state index contributed by atoms with van der Waals surface area (Å²) in [5.41, 5.74) is 5.15. The van der Waals surface area contributed by atoms with Crippen molar-refractivity contribution in [3.05, 3.63) is 71.8 Å². The highest BCUT2D eigenvalue weighted by molar-refractivity contribution is 5.80. The summed E-state index contributed by atoms with van der Waals surface area (Å²) in [4.78, 5) is 15.7. The largest absolute Gasteiger partial charge is 0.378 e. The number of nitrogens with one attached hydrogen (secondary N) is 1. The molecule has 0 aliphatic carbocycles. The SMILES string of the molecule is C#Cc1ncc(-c2cc(NC(=C)c3ccnc(C(C)(C)C)n3)c(F)cc2C)cc1N1CCOCC1. The molecule has 0 spiro atoms. The molecule has 1 fully saturated rings. The number of ether oxygens (including phenoxy) is 1. The van der Waals surface area contributed by atoms with Gasteiger partial charge in [-0.3, -0.25) is 0 Å². The number of morpholine rings is 1. The van der Waals surface area contributed by atoms with Gasteiger partial charge in [0.15, 0.2) is 0 Å². The molecule has 3 heterocycles. The summed E-state index contributed by atoms with van der Waals surface area (Å²) in [7, 11) is 0. The fourth-order valence-electron chi connectivity index (χ4n) is 3.95. The van der Waals surface area contributed by atoms with Crippen molar-refractivity contribution in [3.8, 4) is 23.5 Å². The molecule has 1 N–H and O–H groups in total. The minimum atomic E-state index is -0.376. The van der Waals surface area contributed by atoms with Crippen LogP contribution in [0.1, 0.15) is 43.5 Å². The second kappa shape index (κ2) is 9.85. The monoisotopic (exact) mass is 471 g/mol. The normalized spacial score (nSPS) is 13.9. The Morgan fingerprint density at radius 2 is 1.94 bits per heavy atom. The average Bonchev–Trinajstić information content (AvgIpc) is 2.85. The second-order valence-corrected chi connectivity index (χ2v) is 9.60. The third kappa shape index (κ3) is 5.33. The molecule has 1 aliphatic rings. The Bertz CT molecular complexity index is 1300. The highest BCUT2D eigenvalue weighted by atomic mass is 19.1. The number of aryl methyl sites for hydroxylation is 1. The van der Waals surface area contributed by atoms with E-state index >= 15 is 0 Å². The van der Waals surface area contributed by atoms with Crippen LogP contribution in [0.4, 0.5) is 15.8 Å². The van der Waals surface area contributed by atoms with Gasteiger partial charge >= 0.3 is 0 Å². The molecular weight excluding hydrogens is 441 g/mol. The van der Waals surface area contributed by atoms with Crippen LogP contribution < -0.4 is 10.2 Å². The molecule has 3 aromatic rings. The van der Waals surface area contributed by atoms with Crippen LogP contribution in [0.15, 0.2) is 43.2 Å². The van der Waals surface area contributed by atoms with Gasteiger partial charge in [0.1, 0.15) is 17.3 Å². The fourth-order valence-corrected chi connectivity index (χ4v) is 3.95. The molecule has 0 atom stereocenters. The Kier molecular flexibility index (Phi) is 6.86. The molecule has 1 aliphatic heterocycles. The zero-order chi connectivity index (χ0) is 25.2. The van der Waals surface area contributed by atoms with Crippen LogP contribution in [0, 0.1) is 25.1 Å². The van der Waals surface area contributed by atoms with Gasteiger partial charge in [-0.25, -0.2) is 19.3 Å². The van der Waals surface area contributed by atoms with Gasteiger partial charge in [0, 0.05) is 36.5 Å². The zero-order valence-corrected chi connectivity index (χ0v) is 20.7. The van der Waals surface area contributed by atoms with E-state index in [1.54, 1.807) is 24.5 Å². The summed E-state index contributed by atoms with van der Waals surface area (Å²) in [5, 5.41) is 3.10. The van der Waals surface area contributed by atoms with Crippen LogP contribution >= 0.6 is 0 Å². The number of rotatable bonds is 5. The Morgan fingerprint density at radius 1 is 1.20 bits per heavy atom. The van der Waals surface area contributed by atoms with E-state index in [1.807, 2.05) is 33.8 Å². The van der Waals surface area contributed by atoms with Gasteiger partial charge in [-0.1, -0.05) is 27.4 Å². The predicted molar refractivity (Wildman–Crippen MR) is 139 cm³/mol. The Hall–Kier alpha value is -3.76. The summed E-state index contributed by atoms with van der Waals surface area (Å²) < 4.78 is 20.5. The number of pyridine rings is 1. The summed E-state index contributed by atoms with van der Waals surface area (Å²) in [6.07, 6.45) is 9.14. The van der Waals surface area contributed by atoms with Gasteiger partial charge in [0.2, 0.25) is 0 Å². The third-order valence-corrected chi connectivity index (χ3v) is 5.90. The number of hydrogen-bond donors (Lipinski definition) is 1. The van der Waals surface area contributed by atoms with E-state index in [1.165, 1.54) is 6.07 Å². The fraction of sp³-hybridized carbons (Fsp3) is 0.321. The second-order valence-electron chi connectivity index (χ2n) is 9.60. The van der Waals surface area contributed by atoms with Crippen molar-refractivity contribution >= 4 is 17.1 Å². The number of hydrogen-bond acceptors (Lipinski definition) is 6. The first-order chi connectivity index (χ1) is 16.7. The van der Waals surface area contributed by atoms with E-state index in [0.29, 0.717) is 41.8 Å². The molecule has 1 saturated heterocycles. The highest BCUT2D eigenvalue weighted by Crippen LogP contribution is 2.33. The van der Waals surface area contributed by atoms with Crippen molar-refractivity contribution in [2.24, 2.45) is 0 Å². The van der Waals surface area contributed by atoms with E-state index < -0.39 is 0 Å². The van der Waals surface area contributed by atoms with Crippen molar-refractivity contribution < 1.29 is 9.13 Å². The smallest absolute Gasteiger partial charge is 0.146 e. The molecule has 35 heavy (non-hydrogen) atoms. The van der Waals surface area contributed by atoms with Crippen LogP contribution in [-0.2, 0) is 10.2 Å². The Labute approximate surface area is 206 Å². The summed E-state index contributed by atoms with van der Waals surface area (Å²) in [5.74, 6) is 2.99. The maximum absolute atomic E-state index is 15.0. The maximum Gasteiger partial charge on any atom is 0.146 e. The van der Waals surface area contributed by atoms with Crippen LogP contribution in [0.2, 0.25) is 0 Å². The van der Waals surface area contributed by atoms with Crippen LogP contribution in [0.5, 0.6) is 0 Å². The molecule has 0 unspecified atom stereocenters. The topological polar surface area (TPSA) is 63.2 Å². The quantitative estimate of drug-likeness (QED) is 0.517. The van der Waals surface area contributed by atoms with Crippen molar-refractivity contribution in [1.82, 2.24) is 15.0 Å². The summed E-state index contributed by atoms with van der Waals surface area (Å²) in [6.45, 7) is 14.8. The van der Waals surface area contributed by atoms with Crippen LogP contribution in [-0.4, -0.2) is 41.3 Å². The number of halogens is 1. The lowest BCUT2D eigenvalue weighted by Crippen LogP contribution is -2.36. The highest BCUT2D eigenvalue weighted by Gasteiger charge is 2.20. The van der Waals surface area contributed by atoms with Gasteiger partial charge in [-0.15, -0.1) is 6.42 Å².